The van der Waals surface area contributed by atoms with Gasteiger partial charge in [0, 0.05) is 18.2 Å². The van der Waals surface area contributed by atoms with Gasteiger partial charge in [0.1, 0.15) is 5.70 Å². The number of carbonyl (C=O) groups is 3. The highest BCUT2D eigenvalue weighted by molar-refractivity contribution is 6.09. The van der Waals surface area contributed by atoms with Crippen molar-refractivity contribution in [1.29, 1.82) is 0 Å². The molecule has 0 aliphatic carbocycles. The van der Waals surface area contributed by atoms with E-state index in [0.29, 0.717) is 11.3 Å². The lowest BCUT2D eigenvalue weighted by atomic mass is 10.1. The van der Waals surface area contributed by atoms with Gasteiger partial charge in [-0.3, -0.25) is 14.4 Å². The van der Waals surface area contributed by atoms with Gasteiger partial charge in [-0.1, -0.05) is 42.5 Å². The van der Waals surface area contributed by atoms with Gasteiger partial charge in [0.25, 0.3) is 5.91 Å². The zero-order valence-electron chi connectivity index (χ0n) is 13.5. The number of anilines is 1. The van der Waals surface area contributed by atoms with E-state index in [9.17, 15) is 14.4 Å². The molecule has 0 spiro atoms. The van der Waals surface area contributed by atoms with Crippen LogP contribution < -0.4 is 10.6 Å². The van der Waals surface area contributed by atoms with Crippen LogP contribution in [0.15, 0.2) is 60.3 Å². The predicted octanol–water partition coefficient (Wildman–Crippen LogP) is 3.00. The van der Waals surface area contributed by atoms with Crippen molar-refractivity contribution in [3.05, 3.63) is 71.4 Å². The average molecular weight is 322 g/mol. The smallest absolute Gasteiger partial charge is 0.272 e. The van der Waals surface area contributed by atoms with Gasteiger partial charge in [0.15, 0.2) is 5.78 Å². The third-order valence-corrected chi connectivity index (χ3v) is 3.19. The molecule has 2 aromatic carbocycles. The molecule has 2 amide bonds. The van der Waals surface area contributed by atoms with E-state index in [1.54, 1.807) is 30.3 Å². The summed E-state index contributed by atoms with van der Waals surface area (Å²) in [6.07, 6.45) is 1.59. The maximum atomic E-state index is 12.5. The number of carbonyl (C=O) groups excluding carboxylic acids is 3. The van der Waals surface area contributed by atoms with Crippen LogP contribution in [0, 0.1) is 0 Å². The van der Waals surface area contributed by atoms with Gasteiger partial charge >= 0.3 is 0 Å². The number of hydrogen-bond acceptors (Lipinski definition) is 3. The van der Waals surface area contributed by atoms with Gasteiger partial charge in [-0.2, -0.15) is 0 Å². The Kier molecular flexibility index (Phi) is 5.63. The molecule has 2 aromatic rings. The maximum absolute atomic E-state index is 12.5. The summed E-state index contributed by atoms with van der Waals surface area (Å²) >= 11 is 0. The molecule has 2 N–H and O–H groups in total. The number of ketones is 1. The summed E-state index contributed by atoms with van der Waals surface area (Å²) in [5, 5.41) is 5.22. The minimum atomic E-state index is -0.463. The fourth-order valence-corrected chi connectivity index (χ4v) is 2.08. The second-order valence-corrected chi connectivity index (χ2v) is 5.24. The van der Waals surface area contributed by atoms with Gasteiger partial charge in [-0.05, 0) is 30.7 Å². The van der Waals surface area contributed by atoms with E-state index >= 15 is 0 Å². The average Bonchev–Trinajstić information content (AvgIpc) is 2.55. The van der Waals surface area contributed by atoms with Crippen molar-refractivity contribution in [2.75, 3.05) is 5.32 Å². The largest absolute Gasteiger partial charge is 0.322 e. The minimum Gasteiger partial charge on any atom is -0.322 e. The first-order chi connectivity index (χ1) is 11.5. The van der Waals surface area contributed by atoms with Crippen LogP contribution in [0.3, 0.4) is 0 Å². The number of amides is 2. The lowest BCUT2D eigenvalue weighted by Crippen LogP contribution is -2.29. The molecular formula is C19H18N2O3. The molecule has 0 aliphatic heterocycles. The standard InChI is InChI=1S/C19H18N2O3/c1-13(22)16-9-6-10-17(12-16)21-19(24)18(20-14(2)23)11-15-7-4-3-5-8-15/h3-12H,1-2H3,(H,20,23)(H,21,24)/b18-11+. The van der Waals surface area contributed by atoms with Gasteiger partial charge in [-0.25, -0.2) is 0 Å². The molecule has 0 atom stereocenters. The van der Waals surface area contributed by atoms with Crippen LogP contribution in [-0.4, -0.2) is 17.6 Å². The van der Waals surface area contributed by atoms with Crippen LogP contribution in [-0.2, 0) is 9.59 Å². The van der Waals surface area contributed by atoms with E-state index in [4.69, 9.17) is 0 Å². The van der Waals surface area contributed by atoms with Gasteiger partial charge < -0.3 is 10.6 Å². The Morgan fingerprint density at radius 1 is 0.917 bits per heavy atom. The van der Waals surface area contributed by atoms with Gasteiger partial charge in [0.05, 0.1) is 0 Å². The van der Waals surface area contributed by atoms with Crippen molar-refractivity contribution >= 4 is 29.4 Å². The van der Waals surface area contributed by atoms with Crippen molar-refractivity contribution in [1.82, 2.24) is 5.32 Å². The quantitative estimate of drug-likeness (QED) is 0.656. The third kappa shape index (κ3) is 4.91. The van der Waals surface area contributed by atoms with Crippen molar-refractivity contribution in [3.63, 3.8) is 0 Å². The first-order valence-electron chi connectivity index (χ1n) is 7.42. The summed E-state index contributed by atoms with van der Waals surface area (Å²) in [5.41, 5.74) is 1.90. The van der Waals surface area contributed by atoms with E-state index in [0.717, 1.165) is 5.56 Å². The van der Waals surface area contributed by atoms with Gasteiger partial charge in [-0.15, -0.1) is 0 Å². The minimum absolute atomic E-state index is 0.0898. The molecule has 0 radical (unpaired) electrons. The Bertz CT molecular complexity index is 795. The Morgan fingerprint density at radius 2 is 1.62 bits per heavy atom. The summed E-state index contributed by atoms with van der Waals surface area (Å²) in [5.74, 6) is -0.896. The topological polar surface area (TPSA) is 75.3 Å². The fourth-order valence-electron chi connectivity index (χ4n) is 2.08. The Hall–Kier alpha value is -3.21. The normalized spacial score (nSPS) is 10.8. The van der Waals surface area contributed by atoms with Crippen LogP contribution in [0.1, 0.15) is 29.8 Å². The molecule has 2 rings (SSSR count). The number of benzene rings is 2. The maximum Gasteiger partial charge on any atom is 0.272 e. The van der Waals surface area contributed by atoms with Crippen LogP contribution in [0.4, 0.5) is 5.69 Å². The molecule has 0 fully saturated rings. The Labute approximate surface area is 140 Å². The number of Topliss-reactive ketones (excluding diaryl/α,β-unsaturated/α-hetero) is 1. The van der Waals surface area contributed by atoms with Crippen LogP contribution >= 0.6 is 0 Å². The van der Waals surface area contributed by atoms with Gasteiger partial charge in [0.2, 0.25) is 5.91 Å². The molecule has 0 aromatic heterocycles. The lowest BCUT2D eigenvalue weighted by molar-refractivity contribution is -0.120. The van der Waals surface area contributed by atoms with E-state index in [2.05, 4.69) is 10.6 Å². The molecule has 122 valence electrons. The molecular weight excluding hydrogens is 304 g/mol. The summed E-state index contributed by atoms with van der Waals surface area (Å²) in [7, 11) is 0. The molecule has 0 bridgehead atoms. The number of nitrogens with one attached hydrogen (secondary N) is 2. The molecule has 0 unspecified atom stereocenters. The molecule has 0 saturated carbocycles. The summed E-state index contributed by atoms with van der Waals surface area (Å²) < 4.78 is 0. The molecule has 24 heavy (non-hydrogen) atoms. The van der Waals surface area contributed by atoms with Crippen molar-refractivity contribution < 1.29 is 14.4 Å². The first kappa shape index (κ1) is 17.1. The van der Waals surface area contributed by atoms with Crippen LogP contribution in [0.5, 0.6) is 0 Å². The summed E-state index contributed by atoms with van der Waals surface area (Å²) in [6.45, 7) is 2.79. The van der Waals surface area contributed by atoms with E-state index in [1.165, 1.54) is 13.8 Å². The number of hydrogen-bond donors (Lipinski definition) is 2. The molecule has 5 heteroatoms. The highest BCUT2D eigenvalue weighted by Gasteiger charge is 2.12. The second-order valence-electron chi connectivity index (χ2n) is 5.24. The summed E-state index contributed by atoms with van der Waals surface area (Å²) in [4.78, 5) is 35.2. The Morgan fingerprint density at radius 3 is 2.25 bits per heavy atom. The molecule has 0 aliphatic rings. The highest BCUT2D eigenvalue weighted by atomic mass is 16.2. The third-order valence-electron chi connectivity index (χ3n) is 3.19. The van der Waals surface area contributed by atoms with E-state index < -0.39 is 5.91 Å². The first-order valence-corrected chi connectivity index (χ1v) is 7.42. The van der Waals surface area contributed by atoms with Crippen LogP contribution in [0.25, 0.3) is 6.08 Å². The molecule has 5 nitrogen and oxygen atoms in total. The fraction of sp³-hybridized carbons (Fsp3) is 0.105. The SMILES string of the molecule is CC(=O)N/C(=C/c1ccccc1)C(=O)Nc1cccc(C(C)=O)c1. The molecule has 0 saturated heterocycles. The molecule has 0 heterocycles. The summed E-state index contributed by atoms with van der Waals surface area (Å²) in [6, 6.07) is 15.8. The van der Waals surface area contributed by atoms with Crippen molar-refractivity contribution in [2.24, 2.45) is 0 Å². The second kappa shape index (κ2) is 7.87. The monoisotopic (exact) mass is 322 g/mol. The number of rotatable bonds is 5. The zero-order chi connectivity index (χ0) is 17.5. The highest BCUT2D eigenvalue weighted by Crippen LogP contribution is 2.13. The Balaban J connectivity index is 2.25. The van der Waals surface area contributed by atoms with Crippen molar-refractivity contribution in [2.45, 2.75) is 13.8 Å². The lowest BCUT2D eigenvalue weighted by Gasteiger charge is -2.10. The van der Waals surface area contributed by atoms with E-state index in [-0.39, 0.29) is 17.4 Å². The van der Waals surface area contributed by atoms with E-state index in [1.807, 2.05) is 30.3 Å². The zero-order valence-corrected chi connectivity index (χ0v) is 13.5. The predicted molar refractivity (Wildman–Crippen MR) is 93.3 cm³/mol. The van der Waals surface area contributed by atoms with Crippen molar-refractivity contribution in [3.8, 4) is 0 Å². The van der Waals surface area contributed by atoms with Crippen LogP contribution in [0.2, 0.25) is 0 Å².